The van der Waals surface area contributed by atoms with Crippen LogP contribution in [0.25, 0.3) is 72.7 Å². The molecule has 0 aliphatic heterocycles. The lowest BCUT2D eigenvalue weighted by atomic mass is 9.75. The Morgan fingerprint density at radius 2 is 1.03 bits per heavy atom. The summed E-state index contributed by atoms with van der Waals surface area (Å²) in [5.41, 5.74) is 20.8. The van der Waals surface area contributed by atoms with Gasteiger partial charge in [-0.3, -0.25) is 0 Å². The molecule has 2 nitrogen and oxygen atoms in total. The lowest BCUT2D eigenvalue weighted by Gasteiger charge is -2.41. The van der Waals surface area contributed by atoms with Gasteiger partial charge in [-0.15, -0.1) is 0 Å². The molecular formula is C66H50N2. The minimum absolute atomic E-state index is 0.0277. The molecule has 0 N–H and O–H groups in total. The minimum Gasteiger partial charge on any atom is -0.333 e. The van der Waals surface area contributed by atoms with Crippen molar-refractivity contribution < 1.29 is 0 Å². The molecule has 2 aliphatic carbocycles. The molecule has 10 aromatic rings. The van der Waals surface area contributed by atoms with Crippen molar-refractivity contribution in [1.82, 2.24) is 4.57 Å². The van der Waals surface area contributed by atoms with E-state index in [0.717, 1.165) is 24.2 Å². The van der Waals surface area contributed by atoms with E-state index in [1.165, 1.54) is 89.1 Å². The van der Waals surface area contributed by atoms with E-state index in [4.69, 9.17) is 0 Å². The average molecular weight is 871 g/mol. The van der Waals surface area contributed by atoms with Gasteiger partial charge in [-0.05, 0) is 117 Å². The van der Waals surface area contributed by atoms with Gasteiger partial charge >= 0.3 is 0 Å². The maximum atomic E-state index is 2.60. The average Bonchev–Trinajstić information content (AvgIpc) is 3.76. The van der Waals surface area contributed by atoms with Crippen LogP contribution in [0.4, 0.5) is 11.4 Å². The van der Waals surface area contributed by atoms with Crippen molar-refractivity contribution in [3.8, 4) is 50.2 Å². The monoisotopic (exact) mass is 870 g/mol. The predicted octanol–water partition coefficient (Wildman–Crippen LogP) is 17.2. The standard InChI is InChI=1S/C66H50N2/c1-4-20-47(21-5-1)48-38-40-52(41-39-48)57-29-12-15-34-62(57)67(65-37-19-33-58(51-24-8-3-9-25-51)66(65)61-32-11-10-28-56(61)50-22-6-2-7-23-50)54-44-42-49(43-45-54)53-26-18-27-55(46-53)68-63-35-16-13-30-59(63)60-31-14-17-36-64(60)68/h1-13,15-30,32-46,65-66H,14,31H2. The number of rotatable bonds is 10. The van der Waals surface area contributed by atoms with Crippen LogP contribution in [0.3, 0.4) is 0 Å². The zero-order valence-electron chi connectivity index (χ0n) is 37.9. The third-order valence-corrected chi connectivity index (χ3v) is 14.0. The highest BCUT2D eigenvalue weighted by molar-refractivity contribution is 5.92. The van der Waals surface area contributed by atoms with E-state index in [9.17, 15) is 0 Å². The van der Waals surface area contributed by atoms with E-state index in [-0.39, 0.29) is 12.0 Å². The second-order valence-corrected chi connectivity index (χ2v) is 17.9. The molecule has 0 fully saturated rings. The molecule has 9 aromatic carbocycles. The summed E-state index contributed by atoms with van der Waals surface area (Å²) < 4.78 is 2.45. The molecule has 0 bridgehead atoms. The molecule has 0 radical (unpaired) electrons. The normalized spacial score (nSPS) is 15.2. The van der Waals surface area contributed by atoms with Crippen LogP contribution in [0.15, 0.2) is 261 Å². The molecular weight excluding hydrogens is 821 g/mol. The van der Waals surface area contributed by atoms with Gasteiger partial charge in [-0.1, -0.05) is 224 Å². The SMILES string of the molecule is C1=CC(N(c2ccc(-c3cccc(-n4c5c(c6ccccc64)CCC=C5)c3)cc2)c2ccccc2-c2ccc(-c3ccccc3)cc2)C(c2ccccc2-c2ccccc2)C(c2ccccc2)=C1. The smallest absolute Gasteiger partial charge is 0.0635 e. The van der Waals surface area contributed by atoms with E-state index < -0.39 is 0 Å². The van der Waals surface area contributed by atoms with E-state index in [2.05, 4.69) is 276 Å². The number of nitrogens with zero attached hydrogens (tertiary/aromatic N) is 2. The number of anilines is 2. The number of hydrogen-bond acceptors (Lipinski definition) is 1. The van der Waals surface area contributed by atoms with Crippen LogP contribution < -0.4 is 4.90 Å². The Labute approximate surface area is 399 Å². The third kappa shape index (κ3) is 7.60. The highest BCUT2D eigenvalue weighted by atomic mass is 15.2. The Morgan fingerprint density at radius 1 is 0.456 bits per heavy atom. The fourth-order valence-corrected chi connectivity index (χ4v) is 10.8. The van der Waals surface area contributed by atoms with Crippen LogP contribution in [0, 0.1) is 0 Å². The van der Waals surface area contributed by atoms with Crippen LogP contribution in [0.1, 0.15) is 34.7 Å². The van der Waals surface area contributed by atoms with E-state index in [1.54, 1.807) is 0 Å². The van der Waals surface area contributed by atoms with Crippen molar-refractivity contribution in [2.24, 2.45) is 0 Å². The number of hydrogen-bond donors (Lipinski definition) is 0. The molecule has 2 heteroatoms. The van der Waals surface area contributed by atoms with Gasteiger partial charge in [0.05, 0.1) is 11.6 Å². The fourth-order valence-electron chi connectivity index (χ4n) is 10.8. The highest BCUT2D eigenvalue weighted by Crippen LogP contribution is 2.49. The van der Waals surface area contributed by atoms with Gasteiger partial charge in [0.2, 0.25) is 0 Å². The Hall–Kier alpha value is -8.46. The van der Waals surface area contributed by atoms with Crippen LogP contribution in [0.2, 0.25) is 0 Å². The second-order valence-electron chi connectivity index (χ2n) is 17.9. The van der Waals surface area contributed by atoms with E-state index in [0.29, 0.717) is 0 Å². The first-order valence-corrected chi connectivity index (χ1v) is 23.9. The molecule has 1 heterocycles. The topological polar surface area (TPSA) is 8.17 Å². The molecule has 2 unspecified atom stereocenters. The maximum Gasteiger partial charge on any atom is 0.0635 e. The van der Waals surface area contributed by atoms with Gasteiger partial charge in [0, 0.05) is 39.6 Å². The van der Waals surface area contributed by atoms with Crippen molar-refractivity contribution >= 4 is 33.9 Å². The zero-order chi connectivity index (χ0) is 45.2. The number of aryl methyl sites for hydroxylation is 1. The Balaban J connectivity index is 1.01. The van der Waals surface area contributed by atoms with Crippen molar-refractivity contribution in [2.75, 3.05) is 4.90 Å². The molecule has 324 valence electrons. The molecule has 68 heavy (non-hydrogen) atoms. The van der Waals surface area contributed by atoms with Crippen LogP contribution in [0.5, 0.6) is 0 Å². The van der Waals surface area contributed by atoms with Crippen molar-refractivity contribution in [3.63, 3.8) is 0 Å². The zero-order valence-corrected chi connectivity index (χ0v) is 37.9. The van der Waals surface area contributed by atoms with Crippen LogP contribution in [-0.4, -0.2) is 10.6 Å². The summed E-state index contributed by atoms with van der Waals surface area (Å²) in [7, 11) is 0. The number of aromatic nitrogens is 1. The number of benzene rings is 9. The van der Waals surface area contributed by atoms with Crippen molar-refractivity contribution in [1.29, 1.82) is 0 Å². The van der Waals surface area contributed by atoms with Crippen molar-refractivity contribution in [3.05, 3.63) is 283 Å². The molecule has 12 rings (SSSR count). The summed E-state index contributed by atoms with van der Waals surface area (Å²) in [6.45, 7) is 0. The first-order valence-electron chi connectivity index (χ1n) is 23.9. The summed E-state index contributed by atoms with van der Waals surface area (Å²) in [4.78, 5) is 2.60. The van der Waals surface area contributed by atoms with E-state index >= 15 is 0 Å². The summed E-state index contributed by atoms with van der Waals surface area (Å²) >= 11 is 0. The van der Waals surface area contributed by atoms with Crippen LogP contribution in [-0.2, 0) is 6.42 Å². The third-order valence-electron chi connectivity index (χ3n) is 14.0. The second kappa shape index (κ2) is 18.1. The number of allylic oxidation sites excluding steroid dienone is 3. The molecule has 0 saturated carbocycles. The first-order chi connectivity index (χ1) is 33.8. The molecule has 0 amide bonds. The molecule has 0 saturated heterocycles. The summed E-state index contributed by atoms with van der Waals surface area (Å²) in [6, 6.07) is 86.6. The quantitative estimate of drug-likeness (QED) is 0.133. The summed E-state index contributed by atoms with van der Waals surface area (Å²) in [5.74, 6) is -0.0277. The lowest BCUT2D eigenvalue weighted by molar-refractivity contribution is 0.705. The van der Waals surface area contributed by atoms with Gasteiger partial charge in [0.15, 0.2) is 0 Å². The first kappa shape index (κ1) is 41.0. The fraction of sp³-hybridized carbons (Fsp3) is 0.0606. The number of para-hydroxylation sites is 2. The maximum absolute atomic E-state index is 2.60. The largest absolute Gasteiger partial charge is 0.333 e. The van der Waals surface area contributed by atoms with E-state index in [1.807, 2.05) is 0 Å². The Bertz CT molecular complexity index is 3480. The highest BCUT2D eigenvalue weighted by Gasteiger charge is 2.36. The number of fused-ring (bicyclic) bond motifs is 3. The molecule has 2 atom stereocenters. The molecule has 0 spiro atoms. The minimum atomic E-state index is -0.0970. The predicted molar refractivity (Wildman–Crippen MR) is 287 cm³/mol. The van der Waals surface area contributed by atoms with Crippen molar-refractivity contribution in [2.45, 2.75) is 24.8 Å². The van der Waals surface area contributed by atoms with Gasteiger partial charge < -0.3 is 9.47 Å². The molecule has 2 aliphatic rings. The van der Waals surface area contributed by atoms with Crippen LogP contribution >= 0.6 is 0 Å². The van der Waals surface area contributed by atoms with Gasteiger partial charge in [-0.25, -0.2) is 0 Å². The van der Waals surface area contributed by atoms with Gasteiger partial charge in [-0.2, -0.15) is 0 Å². The lowest BCUT2D eigenvalue weighted by Crippen LogP contribution is -2.37. The molecule has 1 aromatic heterocycles. The Kier molecular flexibility index (Phi) is 10.9. The van der Waals surface area contributed by atoms with Gasteiger partial charge in [0.25, 0.3) is 0 Å². The summed E-state index contributed by atoms with van der Waals surface area (Å²) in [6.07, 6.45) is 13.8. The summed E-state index contributed by atoms with van der Waals surface area (Å²) in [5, 5.41) is 1.35. The van der Waals surface area contributed by atoms with Gasteiger partial charge in [0.1, 0.15) is 0 Å². The Morgan fingerprint density at radius 3 is 1.81 bits per heavy atom.